The van der Waals surface area contributed by atoms with Gasteiger partial charge in [-0.2, -0.15) is 0 Å². The number of thioether (sulfide) groups is 1. The van der Waals surface area contributed by atoms with Crippen LogP contribution in [-0.2, 0) is 0 Å². The lowest BCUT2D eigenvalue weighted by Gasteiger charge is -2.11. The highest BCUT2D eigenvalue weighted by atomic mass is 35.5. The van der Waals surface area contributed by atoms with Crippen LogP contribution in [0.3, 0.4) is 0 Å². The van der Waals surface area contributed by atoms with Gasteiger partial charge in [0.25, 0.3) is 5.91 Å². The van der Waals surface area contributed by atoms with E-state index in [2.05, 4.69) is 10.3 Å². The number of nitrogens with zero attached hydrogens (tertiary/aromatic N) is 1. The van der Waals surface area contributed by atoms with Gasteiger partial charge in [0.1, 0.15) is 0 Å². The maximum Gasteiger partial charge on any atom is 0.256 e. The van der Waals surface area contributed by atoms with Crippen LogP contribution in [0.5, 0.6) is 0 Å². The van der Waals surface area contributed by atoms with Crippen LogP contribution in [0.25, 0.3) is 11.3 Å². The van der Waals surface area contributed by atoms with E-state index in [9.17, 15) is 4.79 Å². The molecule has 0 fully saturated rings. The third-order valence-corrected chi connectivity index (χ3v) is 5.18. The number of carbonyl (C=O) groups is 1. The summed E-state index contributed by atoms with van der Waals surface area (Å²) < 4.78 is 0. The molecule has 3 rings (SSSR count). The van der Waals surface area contributed by atoms with Gasteiger partial charge >= 0.3 is 0 Å². The number of carbonyl (C=O) groups excluding carboxylic acids is 1. The quantitative estimate of drug-likeness (QED) is 0.563. The second-order valence-electron chi connectivity index (χ2n) is 6.00. The highest BCUT2D eigenvalue weighted by molar-refractivity contribution is 7.98. The summed E-state index contributed by atoms with van der Waals surface area (Å²) in [5.74, 6) is -0.119. The molecule has 0 bridgehead atoms. The van der Waals surface area contributed by atoms with Gasteiger partial charge in [-0.1, -0.05) is 35.9 Å². The van der Waals surface area contributed by atoms with Crippen LogP contribution in [0.2, 0.25) is 5.02 Å². The molecule has 2 aromatic carbocycles. The molecule has 0 saturated carbocycles. The minimum Gasteiger partial charge on any atom is -0.321 e. The van der Waals surface area contributed by atoms with Crippen LogP contribution in [-0.4, -0.2) is 17.1 Å². The van der Waals surface area contributed by atoms with Gasteiger partial charge in [-0.15, -0.1) is 11.8 Å². The minimum absolute atomic E-state index is 0.119. The number of rotatable bonds is 4. The second-order valence-corrected chi connectivity index (χ2v) is 7.28. The first-order valence-electron chi connectivity index (χ1n) is 8.17. The summed E-state index contributed by atoms with van der Waals surface area (Å²) in [4.78, 5) is 18.2. The lowest BCUT2D eigenvalue weighted by molar-refractivity contribution is 0.102. The average molecular weight is 383 g/mol. The summed E-state index contributed by atoms with van der Waals surface area (Å²) in [6, 6.07) is 15.4. The molecule has 0 unspecified atom stereocenters. The first-order valence-corrected chi connectivity index (χ1v) is 9.77. The van der Waals surface area contributed by atoms with Crippen molar-refractivity contribution in [3.05, 3.63) is 76.4 Å². The number of pyridine rings is 1. The average Bonchev–Trinajstić information content (AvgIpc) is 2.62. The number of nitrogens with one attached hydrogen (secondary N) is 1. The van der Waals surface area contributed by atoms with E-state index >= 15 is 0 Å². The summed E-state index contributed by atoms with van der Waals surface area (Å²) in [6.07, 6.45) is 3.69. The van der Waals surface area contributed by atoms with E-state index in [0.29, 0.717) is 16.3 Å². The molecule has 1 heterocycles. The molecule has 0 radical (unpaired) electrons. The van der Waals surface area contributed by atoms with Crippen LogP contribution in [0.15, 0.2) is 59.6 Å². The number of aryl methyl sites for hydroxylation is 2. The summed E-state index contributed by atoms with van der Waals surface area (Å²) in [5, 5.41) is 3.63. The largest absolute Gasteiger partial charge is 0.321 e. The van der Waals surface area contributed by atoms with E-state index in [1.807, 2.05) is 68.6 Å². The van der Waals surface area contributed by atoms with Crippen molar-refractivity contribution in [2.75, 3.05) is 11.6 Å². The molecule has 0 spiro atoms. The number of amides is 1. The van der Waals surface area contributed by atoms with Crippen molar-refractivity contribution in [1.29, 1.82) is 0 Å². The standard InChI is InChI=1S/C21H19ClN2OS/c1-13-5-4-6-14(2)20(13)21(25)24-16-8-10-18(23-12-16)17-9-7-15(22)11-19(17)26-3/h4-12H,1-3H3,(H,24,25). The summed E-state index contributed by atoms with van der Waals surface area (Å²) >= 11 is 7.69. The van der Waals surface area contributed by atoms with Crippen molar-refractivity contribution in [1.82, 2.24) is 4.98 Å². The zero-order valence-corrected chi connectivity index (χ0v) is 16.4. The molecule has 1 amide bonds. The van der Waals surface area contributed by atoms with Gasteiger partial charge in [-0.25, -0.2) is 0 Å². The SMILES string of the molecule is CSc1cc(Cl)ccc1-c1ccc(NC(=O)c2c(C)cccc2C)cn1. The highest BCUT2D eigenvalue weighted by Crippen LogP contribution is 2.31. The summed E-state index contributed by atoms with van der Waals surface area (Å²) in [5.41, 5.74) is 5.15. The smallest absolute Gasteiger partial charge is 0.256 e. The topological polar surface area (TPSA) is 42.0 Å². The van der Waals surface area contributed by atoms with E-state index in [1.54, 1.807) is 18.0 Å². The van der Waals surface area contributed by atoms with Gasteiger partial charge in [-0.3, -0.25) is 9.78 Å². The number of anilines is 1. The molecule has 3 aromatic rings. The number of hydrogen-bond donors (Lipinski definition) is 1. The Kier molecular flexibility index (Phi) is 5.64. The molecule has 0 aliphatic carbocycles. The number of benzene rings is 2. The van der Waals surface area contributed by atoms with Crippen LogP contribution in [0.4, 0.5) is 5.69 Å². The maximum absolute atomic E-state index is 12.6. The van der Waals surface area contributed by atoms with Gasteiger partial charge < -0.3 is 5.32 Å². The number of halogens is 1. The van der Waals surface area contributed by atoms with Crippen LogP contribution in [0, 0.1) is 13.8 Å². The van der Waals surface area contributed by atoms with Crippen LogP contribution < -0.4 is 5.32 Å². The molecule has 0 aliphatic rings. The van der Waals surface area contributed by atoms with E-state index in [-0.39, 0.29) is 5.91 Å². The third-order valence-electron chi connectivity index (χ3n) is 4.17. The van der Waals surface area contributed by atoms with Crippen LogP contribution in [0.1, 0.15) is 21.5 Å². The van der Waals surface area contributed by atoms with Crippen molar-refractivity contribution in [3.8, 4) is 11.3 Å². The molecular formula is C21H19ClN2OS. The monoisotopic (exact) mass is 382 g/mol. The molecule has 0 atom stereocenters. The Bertz CT molecular complexity index is 934. The molecule has 0 saturated heterocycles. The lowest BCUT2D eigenvalue weighted by Crippen LogP contribution is -2.15. The second kappa shape index (κ2) is 7.94. The molecule has 26 heavy (non-hydrogen) atoms. The minimum atomic E-state index is -0.119. The Morgan fingerprint density at radius 2 is 1.81 bits per heavy atom. The van der Waals surface area contributed by atoms with Gasteiger partial charge in [-0.05, 0) is 55.5 Å². The van der Waals surface area contributed by atoms with Gasteiger partial charge in [0.15, 0.2) is 0 Å². The predicted octanol–water partition coefficient (Wildman–Crippen LogP) is 5.99. The van der Waals surface area contributed by atoms with Crippen LogP contribution >= 0.6 is 23.4 Å². The highest BCUT2D eigenvalue weighted by Gasteiger charge is 2.13. The summed E-state index contributed by atoms with van der Waals surface area (Å²) in [7, 11) is 0. The Balaban J connectivity index is 1.83. The normalized spacial score (nSPS) is 10.6. The summed E-state index contributed by atoms with van der Waals surface area (Å²) in [6.45, 7) is 3.88. The van der Waals surface area contributed by atoms with Gasteiger partial charge in [0.2, 0.25) is 0 Å². The number of hydrogen-bond acceptors (Lipinski definition) is 3. The molecule has 5 heteroatoms. The fourth-order valence-electron chi connectivity index (χ4n) is 2.87. The van der Waals surface area contributed by atoms with E-state index in [1.165, 1.54) is 0 Å². The molecule has 132 valence electrons. The van der Waals surface area contributed by atoms with Crippen molar-refractivity contribution in [2.24, 2.45) is 0 Å². The molecule has 1 N–H and O–H groups in total. The Labute approximate surface area is 162 Å². The Morgan fingerprint density at radius 3 is 2.42 bits per heavy atom. The molecular weight excluding hydrogens is 364 g/mol. The molecule has 0 aliphatic heterocycles. The van der Waals surface area contributed by atoms with E-state index in [0.717, 1.165) is 27.3 Å². The number of aromatic nitrogens is 1. The lowest BCUT2D eigenvalue weighted by atomic mass is 10.0. The van der Waals surface area contributed by atoms with Crippen molar-refractivity contribution < 1.29 is 4.79 Å². The molecule has 1 aromatic heterocycles. The zero-order valence-electron chi connectivity index (χ0n) is 14.8. The molecule has 3 nitrogen and oxygen atoms in total. The first-order chi connectivity index (χ1) is 12.5. The van der Waals surface area contributed by atoms with Gasteiger partial charge in [0, 0.05) is 21.0 Å². The Hall–Kier alpha value is -2.30. The maximum atomic E-state index is 12.6. The van der Waals surface area contributed by atoms with Crippen molar-refractivity contribution in [2.45, 2.75) is 18.7 Å². The third kappa shape index (κ3) is 3.92. The predicted molar refractivity (Wildman–Crippen MR) is 110 cm³/mol. The van der Waals surface area contributed by atoms with Gasteiger partial charge in [0.05, 0.1) is 17.6 Å². The van der Waals surface area contributed by atoms with E-state index < -0.39 is 0 Å². The zero-order chi connectivity index (χ0) is 18.7. The van der Waals surface area contributed by atoms with E-state index in [4.69, 9.17) is 11.6 Å². The Morgan fingerprint density at radius 1 is 1.08 bits per heavy atom. The fourth-order valence-corrected chi connectivity index (χ4v) is 3.74. The first kappa shape index (κ1) is 18.5. The fraction of sp³-hybridized carbons (Fsp3) is 0.143. The van der Waals surface area contributed by atoms with Crippen molar-refractivity contribution >= 4 is 35.0 Å². The van der Waals surface area contributed by atoms with Crippen molar-refractivity contribution in [3.63, 3.8) is 0 Å².